The zero-order chi connectivity index (χ0) is 9.68. The fourth-order valence-corrected chi connectivity index (χ4v) is 1.25. The van der Waals surface area contributed by atoms with Crippen LogP contribution in [0.3, 0.4) is 0 Å². The molecule has 1 unspecified atom stereocenters. The predicted octanol–water partition coefficient (Wildman–Crippen LogP) is 2.65. The van der Waals surface area contributed by atoms with E-state index in [2.05, 4.69) is 30.4 Å². The van der Waals surface area contributed by atoms with Gasteiger partial charge in [-0.05, 0) is 25.0 Å². The molecule has 0 saturated carbocycles. The monoisotopic (exact) mass is 179 g/mol. The van der Waals surface area contributed by atoms with Gasteiger partial charge in [-0.2, -0.15) is 0 Å². The van der Waals surface area contributed by atoms with Crippen LogP contribution in [0.25, 0.3) is 0 Å². The lowest BCUT2D eigenvalue weighted by Gasteiger charge is -2.15. The lowest BCUT2D eigenvalue weighted by molar-refractivity contribution is 0.141. The number of benzene rings is 1. The van der Waals surface area contributed by atoms with Gasteiger partial charge in [0, 0.05) is 12.8 Å². The second kappa shape index (κ2) is 4.87. The van der Waals surface area contributed by atoms with Crippen LogP contribution in [0.5, 0.6) is 0 Å². The van der Waals surface area contributed by atoms with Crippen molar-refractivity contribution in [1.82, 2.24) is 0 Å². The normalized spacial score (nSPS) is 12.5. The first-order valence-corrected chi connectivity index (χ1v) is 4.65. The summed E-state index contributed by atoms with van der Waals surface area (Å²) in [4.78, 5) is 0. The molecule has 0 heterocycles. The SMILES string of the molecule is CCc1ccccc1NC(C)OC. The summed E-state index contributed by atoms with van der Waals surface area (Å²) in [6, 6.07) is 8.30. The fraction of sp³-hybridized carbons (Fsp3) is 0.455. The number of rotatable bonds is 4. The maximum Gasteiger partial charge on any atom is 0.124 e. The Balaban J connectivity index is 2.74. The summed E-state index contributed by atoms with van der Waals surface area (Å²) in [6.45, 7) is 4.14. The third kappa shape index (κ3) is 2.74. The van der Waals surface area contributed by atoms with Crippen LogP contribution in [0.15, 0.2) is 24.3 Å². The number of aryl methyl sites for hydroxylation is 1. The summed E-state index contributed by atoms with van der Waals surface area (Å²) in [5.74, 6) is 0. The van der Waals surface area contributed by atoms with Gasteiger partial charge in [0.15, 0.2) is 0 Å². The lowest BCUT2D eigenvalue weighted by atomic mass is 10.1. The van der Waals surface area contributed by atoms with E-state index in [1.165, 1.54) is 11.3 Å². The third-order valence-electron chi connectivity index (χ3n) is 2.11. The smallest absolute Gasteiger partial charge is 0.124 e. The Hall–Kier alpha value is -1.02. The summed E-state index contributed by atoms with van der Waals surface area (Å²) in [5, 5.41) is 3.29. The van der Waals surface area contributed by atoms with Crippen LogP contribution in [-0.2, 0) is 11.2 Å². The zero-order valence-corrected chi connectivity index (χ0v) is 8.50. The molecule has 0 saturated heterocycles. The maximum absolute atomic E-state index is 5.14. The van der Waals surface area contributed by atoms with Crippen molar-refractivity contribution in [3.05, 3.63) is 29.8 Å². The Morgan fingerprint density at radius 3 is 2.69 bits per heavy atom. The second-order valence-corrected chi connectivity index (χ2v) is 3.03. The quantitative estimate of drug-likeness (QED) is 0.717. The van der Waals surface area contributed by atoms with Crippen LogP contribution in [0, 0.1) is 0 Å². The van der Waals surface area contributed by atoms with Crippen molar-refractivity contribution in [3.63, 3.8) is 0 Å². The van der Waals surface area contributed by atoms with Crippen molar-refractivity contribution in [1.29, 1.82) is 0 Å². The molecule has 1 aromatic rings. The van der Waals surface area contributed by atoms with E-state index >= 15 is 0 Å². The van der Waals surface area contributed by atoms with Gasteiger partial charge in [0.1, 0.15) is 6.23 Å². The molecular formula is C11H17NO. The third-order valence-corrected chi connectivity index (χ3v) is 2.11. The molecule has 0 aliphatic heterocycles. The van der Waals surface area contributed by atoms with Crippen molar-refractivity contribution in [2.24, 2.45) is 0 Å². The lowest BCUT2D eigenvalue weighted by Crippen LogP contribution is -2.17. The molecule has 0 fully saturated rings. The maximum atomic E-state index is 5.14. The van der Waals surface area contributed by atoms with Crippen LogP contribution in [0.2, 0.25) is 0 Å². The van der Waals surface area contributed by atoms with Crippen LogP contribution >= 0.6 is 0 Å². The fourth-order valence-electron chi connectivity index (χ4n) is 1.25. The zero-order valence-electron chi connectivity index (χ0n) is 8.50. The first kappa shape index (κ1) is 10.1. The summed E-state index contributed by atoms with van der Waals surface area (Å²) in [5.41, 5.74) is 2.49. The van der Waals surface area contributed by atoms with Crippen LogP contribution in [0.4, 0.5) is 5.69 Å². The molecule has 0 bridgehead atoms. The highest BCUT2D eigenvalue weighted by Crippen LogP contribution is 2.16. The van der Waals surface area contributed by atoms with E-state index in [1.54, 1.807) is 7.11 Å². The molecule has 0 aromatic heterocycles. The number of nitrogens with one attached hydrogen (secondary N) is 1. The van der Waals surface area contributed by atoms with Crippen molar-refractivity contribution in [3.8, 4) is 0 Å². The van der Waals surface area contributed by atoms with E-state index in [1.807, 2.05) is 13.0 Å². The van der Waals surface area contributed by atoms with Gasteiger partial charge in [0.2, 0.25) is 0 Å². The summed E-state index contributed by atoms with van der Waals surface area (Å²) in [6.07, 6.45) is 1.10. The molecule has 0 radical (unpaired) electrons. The highest BCUT2D eigenvalue weighted by Gasteiger charge is 2.02. The average molecular weight is 179 g/mol. The Bertz CT molecular complexity index is 260. The molecule has 1 aromatic carbocycles. The van der Waals surface area contributed by atoms with Crippen molar-refractivity contribution >= 4 is 5.69 Å². The molecule has 1 atom stereocenters. The molecule has 0 spiro atoms. The van der Waals surface area contributed by atoms with Gasteiger partial charge in [0.05, 0.1) is 0 Å². The van der Waals surface area contributed by atoms with E-state index in [9.17, 15) is 0 Å². The van der Waals surface area contributed by atoms with Crippen LogP contribution in [0.1, 0.15) is 19.4 Å². The minimum atomic E-state index is 0.0627. The van der Waals surface area contributed by atoms with Gasteiger partial charge in [-0.15, -0.1) is 0 Å². The van der Waals surface area contributed by atoms with Gasteiger partial charge in [0.25, 0.3) is 0 Å². The van der Waals surface area contributed by atoms with Gasteiger partial charge >= 0.3 is 0 Å². The molecule has 0 amide bonds. The van der Waals surface area contributed by atoms with Crippen LogP contribution < -0.4 is 5.32 Å². The van der Waals surface area contributed by atoms with Crippen molar-refractivity contribution in [2.45, 2.75) is 26.5 Å². The largest absolute Gasteiger partial charge is 0.362 e. The summed E-state index contributed by atoms with van der Waals surface area (Å²) >= 11 is 0. The first-order chi connectivity index (χ1) is 6.27. The number of anilines is 1. The predicted molar refractivity (Wildman–Crippen MR) is 55.9 cm³/mol. The van der Waals surface area contributed by atoms with E-state index in [0.717, 1.165) is 6.42 Å². The Kier molecular flexibility index (Phi) is 3.77. The van der Waals surface area contributed by atoms with E-state index < -0.39 is 0 Å². The summed E-state index contributed by atoms with van der Waals surface area (Å²) < 4.78 is 5.14. The minimum Gasteiger partial charge on any atom is -0.362 e. The molecule has 1 rings (SSSR count). The Labute approximate surface area is 79.9 Å². The summed E-state index contributed by atoms with van der Waals surface area (Å²) in [7, 11) is 1.70. The number of ether oxygens (including phenoxy) is 1. The molecule has 13 heavy (non-hydrogen) atoms. The highest BCUT2D eigenvalue weighted by molar-refractivity contribution is 5.51. The molecule has 0 aliphatic carbocycles. The van der Waals surface area contributed by atoms with Gasteiger partial charge in [-0.25, -0.2) is 0 Å². The van der Waals surface area contributed by atoms with Crippen molar-refractivity contribution in [2.75, 3.05) is 12.4 Å². The van der Waals surface area contributed by atoms with Crippen LogP contribution in [-0.4, -0.2) is 13.3 Å². The molecule has 2 heteroatoms. The van der Waals surface area contributed by atoms with E-state index in [0.29, 0.717) is 0 Å². The first-order valence-electron chi connectivity index (χ1n) is 4.65. The topological polar surface area (TPSA) is 21.3 Å². The Morgan fingerprint density at radius 2 is 2.08 bits per heavy atom. The molecule has 72 valence electrons. The number of hydrogen-bond acceptors (Lipinski definition) is 2. The van der Waals surface area contributed by atoms with Gasteiger partial charge in [-0.1, -0.05) is 25.1 Å². The molecular weight excluding hydrogens is 162 g/mol. The highest BCUT2D eigenvalue weighted by atomic mass is 16.5. The molecule has 0 aliphatic rings. The average Bonchev–Trinajstić information content (AvgIpc) is 2.18. The second-order valence-electron chi connectivity index (χ2n) is 3.03. The van der Waals surface area contributed by atoms with Crippen molar-refractivity contribution < 1.29 is 4.74 Å². The number of hydrogen-bond donors (Lipinski definition) is 1. The molecule has 2 nitrogen and oxygen atoms in total. The van der Waals surface area contributed by atoms with E-state index in [4.69, 9.17) is 4.74 Å². The number of para-hydroxylation sites is 1. The van der Waals surface area contributed by atoms with E-state index in [-0.39, 0.29) is 6.23 Å². The number of methoxy groups -OCH3 is 1. The van der Waals surface area contributed by atoms with Gasteiger partial charge < -0.3 is 10.1 Å². The Morgan fingerprint density at radius 1 is 1.38 bits per heavy atom. The molecule has 1 N–H and O–H groups in total. The minimum absolute atomic E-state index is 0.0627. The van der Waals surface area contributed by atoms with Gasteiger partial charge in [-0.3, -0.25) is 0 Å². The standard InChI is InChI=1S/C11H17NO/c1-4-10-7-5-6-8-11(10)12-9(2)13-3/h5-9,12H,4H2,1-3H3.